The second-order valence-corrected chi connectivity index (χ2v) is 10.8. The van der Waals surface area contributed by atoms with Crippen LogP contribution in [0.2, 0.25) is 0 Å². The van der Waals surface area contributed by atoms with Crippen LogP contribution in [-0.2, 0) is 19.9 Å². The van der Waals surface area contributed by atoms with E-state index in [4.69, 9.17) is 9.05 Å². The van der Waals surface area contributed by atoms with Crippen LogP contribution >= 0.6 is 7.75 Å². The van der Waals surface area contributed by atoms with Gasteiger partial charge in [-0.05, 0) is 34.8 Å². The van der Waals surface area contributed by atoms with Gasteiger partial charge in [0.25, 0.3) is 0 Å². The van der Waals surface area contributed by atoms with Crippen molar-refractivity contribution < 1.29 is 13.6 Å². The van der Waals surface area contributed by atoms with Crippen LogP contribution in [0.25, 0.3) is 0 Å². The number of anilines is 1. The van der Waals surface area contributed by atoms with Crippen LogP contribution in [0, 0.1) is 5.92 Å². The molecule has 136 valence electrons. The molecule has 4 nitrogen and oxygen atoms in total. The van der Waals surface area contributed by atoms with Gasteiger partial charge in [-0.2, -0.15) is 0 Å². The van der Waals surface area contributed by atoms with Crippen molar-refractivity contribution in [1.29, 1.82) is 0 Å². The van der Waals surface area contributed by atoms with Crippen LogP contribution in [0.3, 0.4) is 0 Å². The average molecular weight is 353 g/mol. The third-order valence-electron chi connectivity index (χ3n) is 4.19. The molecule has 24 heavy (non-hydrogen) atoms. The largest absolute Gasteiger partial charge is 0.486 e. The third-order valence-corrected chi connectivity index (χ3v) is 5.65. The molecule has 0 saturated heterocycles. The van der Waals surface area contributed by atoms with E-state index < -0.39 is 7.75 Å². The molecule has 0 radical (unpaired) electrons. The van der Waals surface area contributed by atoms with Gasteiger partial charge in [0.2, 0.25) is 0 Å². The molecule has 0 bridgehead atoms. The van der Waals surface area contributed by atoms with Gasteiger partial charge >= 0.3 is 7.75 Å². The Hall–Kier alpha value is -0.990. The predicted octanol–water partition coefficient (Wildman–Crippen LogP) is 6.26. The van der Waals surface area contributed by atoms with E-state index in [0.29, 0.717) is 18.3 Å². The van der Waals surface area contributed by atoms with E-state index in [1.165, 1.54) is 5.56 Å². The summed E-state index contributed by atoms with van der Waals surface area (Å²) in [5.41, 5.74) is 2.92. The van der Waals surface area contributed by atoms with Gasteiger partial charge in [0, 0.05) is 5.56 Å². The maximum Gasteiger partial charge on any atom is 0.486 e. The van der Waals surface area contributed by atoms with Crippen LogP contribution in [0.4, 0.5) is 5.69 Å². The Morgan fingerprint density at radius 1 is 1.12 bits per heavy atom. The summed E-state index contributed by atoms with van der Waals surface area (Å²) in [6.45, 7) is 17.6. The second-order valence-electron chi connectivity index (χ2n) is 9.12. The van der Waals surface area contributed by atoms with Crippen LogP contribution < -0.4 is 9.61 Å². The molecule has 1 aliphatic rings. The van der Waals surface area contributed by atoms with Crippen molar-refractivity contribution >= 4 is 13.4 Å². The van der Waals surface area contributed by atoms with Gasteiger partial charge in [-0.25, -0.2) is 4.57 Å². The minimum absolute atomic E-state index is 0.00177. The molecular formula is C19H32NO3P. The van der Waals surface area contributed by atoms with Gasteiger partial charge < -0.3 is 4.52 Å². The summed E-state index contributed by atoms with van der Waals surface area (Å²) in [5, 5.41) is 3.02. The first-order valence-electron chi connectivity index (χ1n) is 8.73. The number of fused-ring (bicyclic) bond motifs is 1. The molecule has 0 fully saturated rings. The zero-order valence-electron chi connectivity index (χ0n) is 16.3. The van der Waals surface area contributed by atoms with E-state index in [1.807, 2.05) is 6.07 Å². The fourth-order valence-corrected chi connectivity index (χ4v) is 3.96. The topological polar surface area (TPSA) is 47.6 Å². The second kappa shape index (κ2) is 6.38. The summed E-state index contributed by atoms with van der Waals surface area (Å²) in [5.74, 6) is 1.17. The van der Waals surface area contributed by atoms with Gasteiger partial charge in [-0.15, -0.1) is 0 Å². The maximum absolute atomic E-state index is 12.9. The Bertz CT molecular complexity index is 654. The van der Waals surface area contributed by atoms with E-state index >= 15 is 0 Å². The minimum atomic E-state index is -3.33. The predicted molar refractivity (Wildman–Crippen MR) is 101 cm³/mol. The summed E-state index contributed by atoms with van der Waals surface area (Å²) in [4.78, 5) is 0. The molecule has 1 aromatic rings. The summed E-state index contributed by atoms with van der Waals surface area (Å²) < 4.78 is 24.4. The lowest BCUT2D eigenvalue weighted by molar-refractivity contribution is 0.255. The average Bonchev–Trinajstić information content (AvgIpc) is 2.70. The minimum Gasteiger partial charge on any atom is -0.407 e. The molecule has 0 spiro atoms. The molecule has 0 saturated carbocycles. The lowest BCUT2D eigenvalue weighted by Gasteiger charge is -2.26. The van der Waals surface area contributed by atoms with Crippen LogP contribution in [-0.4, -0.2) is 6.61 Å². The molecule has 5 heteroatoms. The van der Waals surface area contributed by atoms with E-state index in [2.05, 4.69) is 66.5 Å². The molecule has 1 heterocycles. The van der Waals surface area contributed by atoms with E-state index in [9.17, 15) is 4.57 Å². The highest BCUT2D eigenvalue weighted by molar-refractivity contribution is 7.56. The Kier molecular flexibility index (Phi) is 5.14. The summed E-state index contributed by atoms with van der Waals surface area (Å²) in [6.07, 6.45) is 0.852. The van der Waals surface area contributed by atoms with Crippen LogP contribution in [0.1, 0.15) is 72.9 Å². The van der Waals surface area contributed by atoms with Crippen molar-refractivity contribution in [3.63, 3.8) is 0 Å². The molecule has 1 aliphatic heterocycles. The van der Waals surface area contributed by atoms with E-state index in [1.54, 1.807) is 0 Å². The quantitative estimate of drug-likeness (QED) is 0.649. The first-order chi connectivity index (χ1) is 10.8. The van der Waals surface area contributed by atoms with Crippen LogP contribution in [0.5, 0.6) is 5.75 Å². The van der Waals surface area contributed by atoms with Crippen LogP contribution in [0.15, 0.2) is 12.1 Å². The lowest BCUT2D eigenvalue weighted by Crippen LogP contribution is -2.16. The Morgan fingerprint density at radius 2 is 1.75 bits per heavy atom. The Balaban J connectivity index is 2.37. The van der Waals surface area contributed by atoms with Crippen molar-refractivity contribution in [2.24, 2.45) is 5.92 Å². The zero-order valence-corrected chi connectivity index (χ0v) is 17.2. The highest BCUT2D eigenvalue weighted by atomic mass is 31.2. The summed E-state index contributed by atoms with van der Waals surface area (Å²) in [6, 6.07) is 4.21. The normalized spacial score (nSPS) is 20.7. The van der Waals surface area contributed by atoms with Gasteiger partial charge in [0.05, 0.1) is 12.3 Å². The molecule has 0 aliphatic carbocycles. The first kappa shape index (κ1) is 19.3. The van der Waals surface area contributed by atoms with Gasteiger partial charge in [-0.3, -0.25) is 9.61 Å². The molecule has 1 aromatic carbocycles. The number of nitrogens with one attached hydrogen (secondary N) is 1. The molecule has 2 rings (SSSR count). The fraction of sp³-hybridized carbons (Fsp3) is 0.684. The molecule has 0 aromatic heterocycles. The Morgan fingerprint density at radius 3 is 2.25 bits per heavy atom. The molecule has 0 amide bonds. The molecule has 1 unspecified atom stereocenters. The third kappa shape index (κ3) is 4.34. The van der Waals surface area contributed by atoms with Gasteiger partial charge in [-0.1, -0.05) is 61.5 Å². The van der Waals surface area contributed by atoms with Crippen molar-refractivity contribution in [3.8, 4) is 5.75 Å². The zero-order chi connectivity index (χ0) is 18.3. The monoisotopic (exact) mass is 353 g/mol. The SMILES string of the molecule is CC(C)CCOP1(=O)Nc2cc(C(C)(C)C)cc(C(C)(C)C)c2O1. The highest BCUT2D eigenvalue weighted by Crippen LogP contribution is 2.60. The molecule has 1 N–H and O–H groups in total. The molecular weight excluding hydrogens is 321 g/mol. The number of hydrogen-bond donors (Lipinski definition) is 1. The summed E-state index contributed by atoms with van der Waals surface area (Å²) in [7, 11) is -3.33. The van der Waals surface area contributed by atoms with Gasteiger partial charge in [0.15, 0.2) is 5.75 Å². The molecule has 1 atom stereocenters. The lowest BCUT2D eigenvalue weighted by atomic mass is 9.80. The maximum atomic E-state index is 12.9. The first-order valence-corrected chi connectivity index (χ1v) is 10.3. The van der Waals surface area contributed by atoms with Gasteiger partial charge in [0.1, 0.15) is 0 Å². The standard InChI is InChI=1S/C19H32NO3P/c1-13(2)9-10-22-24(21)20-16-12-14(18(3,4)5)11-15(17(16)23-24)19(6,7)8/h11-13H,9-10H2,1-8H3,(H,20,21). The number of hydrogen-bond acceptors (Lipinski definition) is 3. The van der Waals surface area contributed by atoms with E-state index in [0.717, 1.165) is 17.7 Å². The smallest absolute Gasteiger partial charge is 0.407 e. The van der Waals surface area contributed by atoms with E-state index in [-0.39, 0.29) is 10.8 Å². The van der Waals surface area contributed by atoms with Crippen molar-refractivity contribution in [2.75, 3.05) is 11.7 Å². The van der Waals surface area contributed by atoms with Crippen molar-refractivity contribution in [1.82, 2.24) is 0 Å². The van der Waals surface area contributed by atoms with Crippen molar-refractivity contribution in [2.45, 2.75) is 72.6 Å². The number of rotatable bonds is 4. The number of benzene rings is 1. The summed E-state index contributed by atoms with van der Waals surface area (Å²) >= 11 is 0. The Labute approximate surface area is 146 Å². The fourth-order valence-electron chi connectivity index (χ4n) is 2.56. The van der Waals surface area contributed by atoms with Crippen molar-refractivity contribution in [3.05, 3.63) is 23.3 Å². The highest BCUT2D eigenvalue weighted by Gasteiger charge is 2.39.